The van der Waals surface area contributed by atoms with Gasteiger partial charge in [-0.25, -0.2) is 0 Å². The molecule has 0 bridgehead atoms. The van der Waals surface area contributed by atoms with Gasteiger partial charge in [-0.15, -0.1) is 0 Å². The molecular formula is C12H19NO3. The summed E-state index contributed by atoms with van der Waals surface area (Å²) < 4.78 is 4.53. The second-order valence-electron chi connectivity index (χ2n) is 4.89. The van der Waals surface area contributed by atoms with Crippen molar-refractivity contribution in [3.05, 3.63) is 0 Å². The molecule has 1 atom stereocenters. The third-order valence-electron chi connectivity index (χ3n) is 3.80. The molecule has 4 heteroatoms. The first-order valence-electron chi connectivity index (χ1n) is 6.14. The van der Waals surface area contributed by atoms with Crippen molar-refractivity contribution in [1.29, 1.82) is 0 Å². The van der Waals surface area contributed by atoms with Crippen molar-refractivity contribution in [2.45, 2.75) is 45.1 Å². The summed E-state index contributed by atoms with van der Waals surface area (Å²) in [4.78, 5) is 24.3. The average Bonchev–Trinajstić information content (AvgIpc) is 2.28. The summed E-state index contributed by atoms with van der Waals surface area (Å²) in [6.45, 7) is 2.66. The molecule has 1 heterocycles. The Morgan fingerprint density at radius 2 is 1.69 bits per heavy atom. The topological polar surface area (TPSA) is 46.6 Å². The zero-order valence-electron chi connectivity index (χ0n) is 9.78. The first kappa shape index (κ1) is 11.6. The van der Waals surface area contributed by atoms with Crippen molar-refractivity contribution < 1.29 is 14.3 Å². The monoisotopic (exact) mass is 225 g/mol. The maximum absolute atomic E-state index is 11.2. The van der Waals surface area contributed by atoms with Crippen molar-refractivity contribution >= 4 is 11.9 Å². The third kappa shape index (κ3) is 2.61. The lowest BCUT2D eigenvalue weighted by Gasteiger charge is -2.36. The second-order valence-corrected chi connectivity index (χ2v) is 4.89. The number of hydrogen-bond acceptors (Lipinski definition) is 4. The molecule has 1 aliphatic heterocycles. The van der Waals surface area contributed by atoms with E-state index >= 15 is 0 Å². The van der Waals surface area contributed by atoms with Crippen LogP contribution in [0.4, 0.5) is 0 Å². The van der Waals surface area contributed by atoms with Gasteiger partial charge in [0.25, 0.3) is 0 Å². The number of esters is 2. The Morgan fingerprint density at radius 3 is 2.25 bits per heavy atom. The van der Waals surface area contributed by atoms with E-state index in [1.54, 1.807) is 0 Å². The summed E-state index contributed by atoms with van der Waals surface area (Å²) in [6, 6.07) is 0.317. The number of hydrogen-bond donors (Lipinski definition) is 0. The molecule has 0 aromatic rings. The van der Waals surface area contributed by atoms with E-state index < -0.39 is 11.9 Å². The van der Waals surface area contributed by atoms with Gasteiger partial charge in [-0.3, -0.25) is 14.5 Å². The minimum atomic E-state index is -0.404. The highest BCUT2D eigenvalue weighted by atomic mass is 16.6. The van der Waals surface area contributed by atoms with Crippen molar-refractivity contribution in [2.75, 3.05) is 13.1 Å². The minimum Gasteiger partial charge on any atom is -0.391 e. The highest BCUT2D eigenvalue weighted by molar-refractivity contribution is 5.90. The van der Waals surface area contributed by atoms with E-state index in [-0.39, 0.29) is 13.1 Å². The maximum atomic E-state index is 11.2. The molecule has 1 aliphatic carbocycles. The van der Waals surface area contributed by atoms with Crippen molar-refractivity contribution in [3.8, 4) is 0 Å². The van der Waals surface area contributed by atoms with E-state index in [1.165, 1.54) is 32.1 Å². The minimum absolute atomic E-state index is 0.267. The lowest BCUT2D eigenvalue weighted by molar-refractivity contribution is -0.168. The number of morpholine rings is 1. The summed E-state index contributed by atoms with van der Waals surface area (Å²) in [5.41, 5.74) is 0. The maximum Gasteiger partial charge on any atom is 0.327 e. The number of rotatable bonds is 2. The van der Waals surface area contributed by atoms with Crippen LogP contribution in [0.15, 0.2) is 0 Å². The SMILES string of the molecule is CC(C1CCCCC1)N1CC(=O)OC(=O)C1. The zero-order chi connectivity index (χ0) is 11.5. The molecule has 1 unspecified atom stereocenters. The Bertz CT molecular complexity index is 268. The molecule has 2 aliphatic rings. The van der Waals surface area contributed by atoms with E-state index in [4.69, 9.17) is 0 Å². The average molecular weight is 225 g/mol. The smallest absolute Gasteiger partial charge is 0.327 e. The van der Waals surface area contributed by atoms with Crippen LogP contribution in [0.2, 0.25) is 0 Å². The Labute approximate surface area is 95.9 Å². The molecule has 2 fully saturated rings. The lowest BCUT2D eigenvalue weighted by atomic mass is 9.84. The first-order valence-corrected chi connectivity index (χ1v) is 6.14. The number of carbonyl (C=O) groups excluding carboxylic acids is 2. The molecule has 1 saturated heterocycles. The Hall–Kier alpha value is -0.900. The predicted molar refractivity (Wildman–Crippen MR) is 58.7 cm³/mol. The fraction of sp³-hybridized carbons (Fsp3) is 0.833. The molecule has 2 rings (SSSR count). The Balaban J connectivity index is 1.94. The second kappa shape index (κ2) is 4.95. The van der Waals surface area contributed by atoms with Crippen LogP contribution in [0.25, 0.3) is 0 Å². The summed E-state index contributed by atoms with van der Waals surface area (Å²) >= 11 is 0. The van der Waals surface area contributed by atoms with Crippen LogP contribution in [0.3, 0.4) is 0 Å². The normalized spacial score (nSPS) is 26.6. The van der Waals surface area contributed by atoms with Gasteiger partial charge in [0.15, 0.2) is 0 Å². The van der Waals surface area contributed by atoms with Gasteiger partial charge in [0, 0.05) is 6.04 Å². The van der Waals surface area contributed by atoms with Gasteiger partial charge in [-0.05, 0) is 25.7 Å². The third-order valence-corrected chi connectivity index (χ3v) is 3.80. The van der Waals surface area contributed by atoms with E-state index in [0.717, 1.165) is 0 Å². The molecule has 1 saturated carbocycles. The van der Waals surface area contributed by atoms with Gasteiger partial charge >= 0.3 is 11.9 Å². The largest absolute Gasteiger partial charge is 0.391 e. The van der Waals surface area contributed by atoms with Crippen LogP contribution in [0, 0.1) is 5.92 Å². The Kier molecular flexibility index (Phi) is 3.59. The van der Waals surface area contributed by atoms with E-state index in [0.29, 0.717) is 12.0 Å². The number of carbonyl (C=O) groups is 2. The molecule has 4 nitrogen and oxygen atoms in total. The molecule has 0 amide bonds. The molecule has 16 heavy (non-hydrogen) atoms. The van der Waals surface area contributed by atoms with Crippen LogP contribution < -0.4 is 0 Å². The molecule has 0 aromatic carbocycles. The van der Waals surface area contributed by atoms with Gasteiger partial charge in [0.05, 0.1) is 13.1 Å². The van der Waals surface area contributed by atoms with Crippen molar-refractivity contribution in [2.24, 2.45) is 5.92 Å². The molecule has 0 aromatic heterocycles. The number of cyclic esters (lactones) is 2. The fourth-order valence-corrected chi connectivity index (χ4v) is 2.78. The van der Waals surface area contributed by atoms with Crippen LogP contribution in [0.5, 0.6) is 0 Å². The number of nitrogens with zero attached hydrogens (tertiary/aromatic N) is 1. The molecule has 0 N–H and O–H groups in total. The van der Waals surface area contributed by atoms with E-state index in [1.807, 2.05) is 4.90 Å². The van der Waals surface area contributed by atoms with E-state index in [2.05, 4.69) is 11.7 Å². The standard InChI is InChI=1S/C12H19NO3/c1-9(10-5-3-2-4-6-10)13-7-11(14)16-12(15)8-13/h9-10H,2-8H2,1H3. The van der Waals surface area contributed by atoms with E-state index in [9.17, 15) is 9.59 Å². The van der Waals surface area contributed by atoms with Crippen LogP contribution in [-0.2, 0) is 14.3 Å². The van der Waals surface area contributed by atoms with Crippen LogP contribution >= 0.6 is 0 Å². The van der Waals surface area contributed by atoms with Crippen LogP contribution in [0.1, 0.15) is 39.0 Å². The van der Waals surface area contributed by atoms with Gasteiger partial charge in [0.2, 0.25) is 0 Å². The molecule has 0 spiro atoms. The zero-order valence-corrected chi connectivity index (χ0v) is 9.78. The fourth-order valence-electron chi connectivity index (χ4n) is 2.78. The summed E-state index contributed by atoms with van der Waals surface area (Å²) in [6.07, 6.45) is 6.33. The summed E-state index contributed by atoms with van der Waals surface area (Å²) in [7, 11) is 0. The van der Waals surface area contributed by atoms with Crippen molar-refractivity contribution in [3.63, 3.8) is 0 Å². The quantitative estimate of drug-likeness (QED) is 0.525. The van der Waals surface area contributed by atoms with Gasteiger partial charge in [-0.1, -0.05) is 19.3 Å². The lowest BCUT2D eigenvalue weighted by Crippen LogP contribution is -2.49. The predicted octanol–water partition coefficient (Wildman–Crippen LogP) is 1.34. The van der Waals surface area contributed by atoms with Gasteiger partial charge < -0.3 is 4.74 Å². The van der Waals surface area contributed by atoms with Gasteiger partial charge in [-0.2, -0.15) is 0 Å². The number of ether oxygens (including phenoxy) is 1. The molecule has 0 radical (unpaired) electrons. The summed E-state index contributed by atoms with van der Waals surface area (Å²) in [5, 5.41) is 0. The van der Waals surface area contributed by atoms with Crippen molar-refractivity contribution in [1.82, 2.24) is 4.90 Å². The Morgan fingerprint density at radius 1 is 1.12 bits per heavy atom. The van der Waals surface area contributed by atoms with Crippen LogP contribution in [-0.4, -0.2) is 36.0 Å². The van der Waals surface area contributed by atoms with Gasteiger partial charge in [0.1, 0.15) is 0 Å². The summed E-state index contributed by atoms with van der Waals surface area (Å²) in [5.74, 6) is -0.176. The molecular weight excluding hydrogens is 206 g/mol. The first-order chi connectivity index (χ1) is 7.66. The molecule has 90 valence electrons. The highest BCUT2D eigenvalue weighted by Gasteiger charge is 2.32. The highest BCUT2D eigenvalue weighted by Crippen LogP contribution is 2.29.